The average Bonchev–Trinajstić information content (AvgIpc) is 2.10. The largest absolute Gasteiger partial charge is 0.496 e. The number of rotatable bonds is 2. The van der Waals surface area contributed by atoms with Crippen molar-refractivity contribution in [2.75, 3.05) is 7.11 Å². The van der Waals surface area contributed by atoms with Crippen LogP contribution in [0, 0.1) is 13.8 Å². The van der Waals surface area contributed by atoms with Crippen LogP contribution in [-0.2, 0) is 6.54 Å². The maximum absolute atomic E-state index is 5.65. The van der Waals surface area contributed by atoms with Crippen LogP contribution in [0.4, 0.5) is 0 Å². The van der Waals surface area contributed by atoms with Crippen LogP contribution in [0.1, 0.15) is 16.7 Å². The average molecular weight is 244 g/mol. The molecule has 1 aromatic carbocycles. The highest BCUT2D eigenvalue weighted by molar-refractivity contribution is 9.10. The minimum absolute atomic E-state index is 0.492. The van der Waals surface area contributed by atoms with Crippen molar-refractivity contribution in [1.82, 2.24) is 0 Å². The van der Waals surface area contributed by atoms with E-state index in [1.54, 1.807) is 7.11 Å². The SMILES string of the molecule is COc1c(C)cc(C)c(Br)c1CN. The Morgan fingerprint density at radius 3 is 2.46 bits per heavy atom. The van der Waals surface area contributed by atoms with E-state index < -0.39 is 0 Å². The molecule has 0 unspecified atom stereocenters. The molecule has 0 heterocycles. The molecule has 0 aromatic heterocycles. The highest BCUT2D eigenvalue weighted by Gasteiger charge is 2.11. The zero-order chi connectivity index (χ0) is 10.0. The van der Waals surface area contributed by atoms with Gasteiger partial charge >= 0.3 is 0 Å². The van der Waals surface area contributed by atoms with Crippen LogP contribution in [0.15, 0.2) is 10.5 Å². The van der Waals surface area contributed by atoms with Gasteiger partial charge in [0.15, 0.2) is 0 Å². The highest BCUT2D eigenvalue weighted by atomic mass is 79.9. The van der Waals surface area contributed by atoms with E-state index in [9.17, 15) is 0 Å². The van der Waals surface area contributed by atoms with Crippen molar-refractivity contribution >= 4 is 15.9 Å². The van der Waals surface area contributed by atoms with Gasteiger partial charge in [0.05, 0.1) is 7.11 Å². The summed E-state index contributed by atoms with van der Waals surface area (Å²) in [6.07, 6.45) is 0. The Morgan fingerprint density at radius 2 is 2.00 bits per heavy atom. The lowest BCUT2D eigenvalue weighted by molar-refractivity contribution is 0.406. The van der Waals surface area contributed by atoms with Crippen LogP contribution in [-0.4, -0.2) is 7.11 Å². The Bertz CT molecular complexity index is 323. The number of halogens is 1. The Kier molecular flexibility index (Phi) is 3.33. The fourth-order valence-electron chi connectivity index (χ4n) is 1.50. The molecule has 0 aliphatic heterocycles. The second-order valence-corrected chi connectivity index (χ2v) is 3.83. The van der Waals surface area contributed by atoms with Gasteiger partial charge in [0, 0.05) is 16.6 Å². The summed E-state index contributed by atoms with van der Waals surface area (Å²) >= 11 is 3.51. The first-order valence-electron chi connectivity index (χ1n) is 4.14. The van der Waals surface area contributed by atoms with Gasteiger partial charge in [-0.1, -0.05) is 22.0 Å². The van der Waals surface area contributed by atoms with E-state index in [0.29, 0.717) is 6.54 Å². The molecular weight excluding hydrogens is 230 g/mol. The van der Waals surface area contributed by atoms with E-state index in [-0.39, 0.29) is 0 Å². The lowest BCUT2D eigenvalue weighted by Crippen LogP contribution is -2.03. The quantitative estimate of drug-likeness (QED) is 0.867. The van der Waals surface area contributed by atoms with Gasteiger partial charge in [-0.3, -0.25) is 0 Å². The molecule has 0 amide bonds. The van der Waals surface area contributed by atoms with E-state index in [0.717, 1.165) is 21.3 Å². The van der Waals surface area contributed by atoms with Crippen molar-refractivity contribution in [2.45, 2.75) is 20.4 Å². The van der Waals surface area contributed by atoms with Crippen LogP contribution < -0.4 is 10.5 Å². The third kappa shape index (κ3) is 1.86. The van der Waals surface area contributed by atoms with Gasteiger partial charge < -0.3 is 10.5 Å². The van der Waals surface area contributed by atoms with Crippen molar-refractivity contribution in [1.29, 1.82) is 0 Å². The molecule has 3 heteroatoms. The Balaban J connectivity index is 3.41. The molecule has 2 nitrogen and oxygen atoms in total. The molecule has 0 aliphatic carbocycles. The number of aryl methyl sites for hydroxylation is 2. The fourth-order valence-corrected chi connectivity index (χ4v) is 1.95. The van der Waals surface area contributed by atoms with Crippen molar-refractivity contribution in [3.05, 3.63) is 27.2 Å². The summed E-state index contributed by atoms with van der Waals surface area (Å²) in [5.41, 5.74) is 9.02. The topological polar surface area (TPSA) is 35.2 Å². The highest BCUT2D eigenvalue weighted by Crippen LogP contribution is 2.32. The first-order chi connectivity index (χ1) is 6.11. The lowest BCUT2D eigenvalue weighted by atomic mass is 10.1. The Labute approximate surface area is 87.2 Å². The molecule has 0 saturated carbocycles. The minimum atomic E-state index is 0.492. The van der Waals surface area contributed by atoms with E-state index in [1.165, 1.54) is 5.56 Å². The molecule has 1 rings (SSSR count). The summed E-state index contributed by atoms with van der Waals surface area (Å²) in [6, 6.07) is 2.09. The molecular formula is C10H14BrNO. The summed E-state index contributed by atoms with van der Waals surface area (Å²) in [5, 5.41) is 0. The van der Waals surface area contributed by atoms with E-state index >= 15 is 0 Å². The molecule has 0 fully saturated rings. The molecule has 13 heavy (non-hydrogen) atoms. The maximum atomic E-state index is 5.65. The Morgan fingerprint density at radius 1 is 1.38 bits per heavy atom. The fraction of sp³-hybridized carbons (Fsp3) is 0.400. The number of ether oxygens (including phenoxy) is 1. The van der Waals surface area contributed by atoms with Crippen molar-refractivity contribution < 1.29 is 4.74 Å². The second kappa shape index (κ2) is 4.11. The van der Waals surface area contributed by atoms with Gasteiger partial charge in [-0.15, -0.1) is 0 Å². The van der Waals surface area contributed by atoms with E-state index in [4.69, 9.17) is 10.5 Å². The first kappa shape index (κ1) is 10.5. The summed E-state index contributed by atoms with van der Waals surface area (Å²) in [5.74, 6) is 0.889. The first-order valence-corrected chi connectivity index (χ1v) is 4.93. The van der Waals surface area contributed by atoms with Gasteiger partial charge in [-0.25, -0.2) is 0 Å². The zero-order valence-electron chi connectivity index (χ0n) is 8.15. The van der Waals surface area contributed by atoms with Crippen LogP contribution in [0.2, 0.25) is 0 Å². The van der Waals surface area contributed by atoms with Crippen LogP contribution in [0.5, 0.6) is 5.75 Å². The summed E-state index contributed by atoms with van der Waals surface area (Å²) in [6.45, 7) is 4.57. The van der Waals surface area contributed by atoms with E-state index in [2.05, 4.69) is 28.9 Å². The summed E-state index contributed by atoms with van der Waals surface area (Å²) in [7, 11) is 1.67. The second-order valence-electron chi connectivity index (χ2n) is 3.04. The van der Waals surface area contributed by atoms with Gasteiger partial charge in [0.2, 0.25) is 0 Å². The molecule has 0 saturated heterocycles. The normalized spacial score (nSPS) is 10.2. The minimum Gasteiger partial charge on any atom is -0.496 e. The maximum Gasteiger partial charge on any atom is 0.127 e. The number of nitrogens with two attached hydrogens (primary N) is 1. The number of benzene rings is 1. The Hall–Kier alpha value is -0.540. The molecule has 1 aromatic rings. The standard InChI is InChI=1S/C10H14BrNO/c1-6-4-7(2)10(13-3)8(5-12)9(6)11/h4H,5,12H2,1-3H3. The monoisotopic (exact) mass is 243 g/mol. The van der Waals surface area contributed by atoms with Crippen LogP contribution in [0.3, 0.4) is 0 Å². The molecule has 0 bridgehead atoms. The van der Waals surface area contributed by atoms with Crippen molar-refractivity contribution in [3.63, 3.8) is 0 Å². The van der Waals surface area contributed by atoms with Crippen LogP contribution >= 0.6 is 15.9 Å². The summed E-state index contributed by atoms with van der Waals surface area (Å²) in [4.78, 5) is 0. The number of hydrogen-bond donors (Lipinski definition) is 1. The van der Waals surface area contributed by atoms with Crippen molar-refractivity contribution in [3.8, 4) is 5.75 Å². The molecule has 0 aliphatic rings. The molecule has 72 valence electrons. The third-order valence-electron chi connectivity index (χ3n) is 2.08. The number of hydrogen-bond acceptors (Lipinski definition) is 2. The zero-order valence-corrected chi connectivity index (χ0v) is 9.73. The molecule has 0 atom stereocenters. The molecule has 0 spiro atoms. The molecule has 0 radical (unpaired) electrons. The van der Waals surface area contributed by atoms with Crippen molar-refractivity contribution in [2.24, 2.45) is 5.73 Å². The lowest BCUT2D eigenvalue weighted by Gasteiger charge is -2.13. The van der Waals surface area contributed by atoms with Gasteiger partial charge in [0.25, 0.3) is 0 Å². The van der Waals surface area contributed by atoms with Gasteiger partial charge in [-0.05, 0) is 25.0 Å². The van der Waals surface area contributed by atoms with Gasteiger partial charge in [0.1, 0.15) is 5.75 Å². The van der Waals surface area contributed by atoms with Crippen LogP contribution in [0.25, 0.3) is 0 Å². The smallest absolute Gasteiger partial charge is 0.127 e. The predicted octanol–water partition coefficient (Wildman–Crippen LogP) is 2.53. The summed E-state index contributed by atoms with van der Waals surface area (Å²) < 4.78 is 6.35. The molecule has 2 N–H and O–H groups in total. The third-order valence-corrected chi connectivity index (χ3v) is 3.19. The van der Waals surface area contributed by atoms with E-state index in [1.807, 2.05) is 6.92 Å². The number of methoxy groups -OCH3 is 1. The predicted molar refractivity (Wildman–Crippen MR) is 58.1 cm³/mol. The van der Waals surface area contributed by atoms with Gasteiger partial charge in [-0.2, -0.15) is 0 Å².